The monoisotopic (exact) mass is 284 g/mol. The summed E-state index contributed by atoms with van der Waals surface area (Å²) in [6.07, 6.45) is 3.42. The van der Waals surface area contributed by atoms with Gasteiger partial charge in [0.25, 0.3) is 5.91 Å². The average Bonchev–Trinajstić information content (AvgIpc) is 2.94. The predicted molar refractivity (Wildman–Crippen MR) is 80.9 cm³/mol. The van der Waals surface area contributed by atoms with Crippen LogP contribution in [-0.2, 0) is 7.05 Å². The zero-order valence-electron chi connectivity index (χ0n) is 12.4. The second-order valence-electron chi connectivity index (χ2n) is 5.59. The number of carbonyl (C=O) groups excluding carboxylic acids is 1. The maximum atomic E-state index is 12.8. The lowest BCUT2D eigenvalue weighted by Crippen LogP contribution is -2.49. The van der Waals surface area contributed by atoms with E-state index in [9.17, 15) is 4.79 Å². The van der Waals surface area contributed by atoms with E-state index >= 15 is 0 Å². The molecule has 1 fully saturated rings. The number of benzene rings is 1. The molecule has 1 amide bonds. The van der Waals surface area contributed by atoms with Crippen molar-refractivity contribution in [2.45, 2.75) is 6.04 Å². The zero-order valence-corrected chi connectivity index (χ0v) is 12.4. The molecule has 1 saturated heterocycles. The first-order valence-electron chi connectivity index (χ1n) is 7.18. The number of aromatic nitrogens is 2. The predicted octanol–water partition coefficient (Wildman–Crippen LogP) is 1.55. The van der Waals surface area contributed by atoms with Gasteiger partial charge in [0, 0.05) is 32.9 Å². The summed E-state index contributed by atoms with van der Waals surface area (Å²) in [6, 6.07) is 10.3. The molecular weight excluding hydrogens is 264 g/mol. The summed E-state index contributed by atoms with van der Waals surface area (Å²) in [5.41, 5.74) is 1.84. The van der Waals surface area contributed by atoms with Gasteiger partial charge in [-0.05, 0) is 12.6 Å². The van der Waals surface area contributed by atoms with Crippen LogP contribution < -0.4 is 0 Å². The van der Waals surface area contributed by atoms with Gasteiger partial charge in [0.1, 0.15) is 0 Å². The third-order valence-corrected chi connectivity index (χ3v) is 3.98. The first-order valence-corrected chi connectivity index (χ1v) is 7.18. The van der Waals surface area contributed by atoms with Gasteiger partial charge >= 0.3 is 0 Å². The molecule has 1 aliphatic rings. The fraction of sp³-hybridized carbons (Fsp3) is 0.375. The minimum Gasteiger partial charge on any atom is -0.329 e. The van der Waals surface area contributed by atoms with Crippen LogP contribution in [0.2, 0.25) is 0 Å². The number of piperazine rings is 1. The topological polar surface area (TPSA) is 41.4 Å². The molecule has 0 N–H and O–H groups in total. The highest BCUT2D eigenvalue weighted by Gasteiger charge is 2.31. The first kappa shape index (κ1) is 13.8. The van der Waals surface area contributed by atoms with Crippen molar-refractivity contribution in [1.29, 1.82) is 0 Å². The molecule has 110 valence electrons. The molecule has 0 spiro atoms. The van der Waals surface area contributed by atoms with Gasteiger partial charge in [0.15, 0.2) is 0 Å². The van der Waals surface area contributed by atoms with Crippen LogP contribution >= 0.6 is 0 Å². The van der Waals surface area contributed by atoms with E-state index in [1.165, 1.54) is 5.56 Å². The lowest BCUT2D eigenvalue weighted by molar-refractivity contribution is 0.0498. The summed E-state index contributed by atoms with van der Waals surface area (Å²) < 4.78 is 1.67. The van der Waals surface area contributed by atoms with E-state index in [1.54, 1.807) is 17.1 Å². The Morgan fingerprint density at radius 3 is 2.62 bits per heavy atom. The Hall–Kier alpha value is -2.14. The summed E-state index contributed by atoms with van der Waals surface area (Å²) in [5, 5.41) is 4.10. The van der Waals surface area contributed by atoms with Crippen LogP contribution in [0, 0.1) is 0 Å². The van der Waals surface area contributed by atoms with Crippen molar-refractivity contribution in [3.8, 4) is 0 Å². The molecule has 5 nitrogen and oxygen atoms in total. The number of aryl methyl sites for hydroxylation is 1. The molecule has 1 aromatic heterocycles. The van der Waals surface area contributed by atoms with Gasteiger partial charge in [0.05, 0.1) is 17.8 Å². The molecule has 0 aliphatic carbocycles. The fourth-order valence-electron chi connectivity index (χ4n) is 2.82. The quantitative estimate of drug-likeness (QED) is 0.840. The van der Waals surface area contributed by atoms with E-state index in [1.807, 2.05) is 30.1 Å². The van der Waals surface area contributed by atoms with Crippen LogP contribution in [0.15, 0.2) is 42.7 Å². The van der Waals surface area contributed by atoms with Crippen molar-refractivity contribution in [3.05, 3.63) is 53.9 Å². The summed E-state index contributed by atoms with van der Waals surface area (Å²) in [4.78, 5) is 17.0. The molecule has 3 rings (SSSR count). The molecule has 1 aromatic carbocycles. The van der Waals surface area contributed by atoms with Gasteiger partial charge in [-0.3, -0.25) is 9.48 Å². The van der Waals surface area contributed by atoms with Crippen LogP contribution in [0.25, 0.3) is 0 Å². The Labute approximate surface area is 124 Å². The number of amides is 1. The summed E-state index contributed by atoms with van der Waals surface area (Å²) in [6.45, 7) is 2.50. The summed E-state index contributed by atoms with van der Waals surface area (Å²) in [5.74, 6) is 0.0602. The van der Waals surface area contributed by atoms with Crippen LogP contribution in [0.5, 0.6) is 0 Å². The molecule has 1 aliphatic heterocycles. The molecule has 5 heteroatoms. The second-order valence-corrected chi connectivity index (χ2v) is 5.59. The summed E-state index contributed by atoms with van der Waals surface area (Å²) in [7, 11) is 3.93. The first-order chi connectivity index (χ1) is 10.1. The van der Waals surface area contributed by atoms with Gasteiger partial charge in [-0.1, -0.05) is 30.3 Å². The van der Waals surface area contributed by atoms with Gasteiger partial charge in [-0.25, -0.2) is 0 Å². The highest BCUT2D eigenvalue weighted by atomic mass is 16.2. The average molecular weight is 284 g/mol. The molecule has 1 atom stereocenters. The molecule has 0 bridgehead atoms. The Kier molecular flexibility index (Phi) is 3.75. The van der Waals surface area contributed by atoms with Crippen molar-refractivity contribution in [3.63, 3.8) is 0 Å². The molecule has 2 heterocycles. The second kappa shape index (κ2) is 5.69. The lowest BCUT2D eigenvalue weighted by atomic mass is 10.0. The van der Waals surface area contributed by atoms with E-state index in [2.05, 4.69) is 29.2 Å². The van der Waals surface area contributed by atoms with Gasteiger partial charge in [-0.2, -0.15) is 5.10 Å². The van der Waals surface area contributed by atoms with E-state index < -0.39 is 0 Å². The summed E-state index contributed by atoms with van der Waals surface area (Å²) >= 11 is 0. The van der Waals surface area contributed by atoms with Crippen LogP contribution in [0.1, 0.15) is 22.0 Å². The minimum absolute atomic E-state index is 0.0602. The van der Waals surface area contributed by atoms with Crippen molar-refractivity contribution >= 4 is 5.91 Å². The normalized spacial score (nSPS) is 19.7. The van der Waals surface area contributed by atoms with Crippen molar-refractivity contribution in [2.24, 2.45) is 7.05 Å². The van der Waals surface area contributed by atoms with Gasteiger partial charge in [0.2, 0.25) is 0 Å². The number of hydrogen-bond donors (Lipinski definition) is 0. The Balaban J connectivity index is 1.89. The number of carbonyl (C=O) groups is 1. The number of hydrogen-bond acceptors (Lipinski definition) is 3. The highest BCUT2D eigenvalue weighted by Crippen LogP contribution is 2.26. The van der Waals surface area contributed by atoms with Crippen LogP contribution in [-0.4, -0.2) is 52.2 Å². The Morgan fingerprint density at radius 1 is 1.19 bits per heavy atom. The van der Waals surface area contributed by atoms with Crippen LogP contribution in [0.4, 0.5) is 0 Å². The minimum atomic E-state index is 0.0602. The number of rotatable bonds is 2. The molecule has 21 heavy (non-hydrogen) atoms. The largest absolute Gasteiger partial charge is 0.329 e. The van der Waals surface area contributed by atoms with E-state index in [0.717, 1.165) is 19.6 Å². The van der Waals surface area contributed by atoms with E-state index in [4.69, 9.17) is 0 Å². The van der Waals surface area contributed by atoms with Crippen molar-refractivity contribution in [2.75, 3.05) is 26.7 Å². The van der Waals surface area contributed by atoms with Crippen molar-refractivity contribution in [1.82, 2.24) is 19.6 Å². The zero-order chi connectivity index (χ0) is 14.8. The van der Waals surface area contributed by atoms with E-state index in [-0.39, 0.29) is 11.9 Å². The Bertz CT molecular complexity index is 622. The third-order valence-electron chi connectivity index (χ3n) is 3.98. The van der Waals surface area contributed by atoms with Crippen molar-refractivity contribution < 1.29 is 4.79 Å². The van der Waals surface area contributed by atoms with Crippen LogP contribution in [0.3, 0.4) is 0 Å². The molecule has 2 aromatic rings. The lowest BCUT2D eigenvalue weighted by Gasteiger charge is -2.40. The number of likely N-dealkylation sites (N-methyl/N-ethyl adjacent to an activating group) is 1. The van der Waals surface area contributed by atoms with E-state index in [0.29, 0.717) is 5.56 Å². The third kappa shape index (κ3) is 2.83. The maximum Gasteiger partial charge on any atom is 0.257 e. The SMILES string of the molecule is CN1CCN(C(=O)c2cnn(C)c2)C(c2ccccc2)C1. The maximum absolute atomic E-state index is 12.8. The highest BCUT2D eigenvalue weighted by molar-refractivity contribution is 5.94. The smallest absolute Gasteiger partial charge is 0.257 e. The molecule has 1 unspecified atom stereocenters. The molecule has 0 saturated carbocycles. The Morgan fingerprint density at radius 2 is 1.95 bits per heavy atom. The molecule has 0 radical (unpaired) electrons. The standard InChI is InChI=1S/C16H20N4O/c1-18-8-9-20(16(21)14-10-17-19(2)11-14)15(12-18)13-6-4-3-5-7-13/h3-7,10-11,15H,8-9,12H2,1-2H3. The van der Waals surface area contributed by atoms with Gasteiger partial charge < -0.3 is 9.80 Å². The fourth-order valence-corrected chi connectivity index (χ4v) is 2.82. The molecular formula is C16H20N4O. The number of nitrogens with zero attached hydrogens (tertiary/aromatic N) is 4. The van der Waals surface area contributed by atoms with Gasteiger partial charge in [-0.15, -0.1) is 0 Å².